The van der Waals surface area contributed by atoms with E-state index >= 15 is 0 Å². The van der Waals surface area contributed by atoms with Gasteiger partial charge in [0.1, 0.15) is 11.6 Å². The number of ether oxygens (including phenoxy) is 1. The fraction of sp³-hybridized carbons (Fsp3) is 0.500. The lowest BCUT2D eigenvalue weighted by Crippen LogP contribution is -2.54. The molecule has 0 bridgehead atoms. The lowest BCUT2D eigenvalue weighted by molar-refractivity contribution is -0.136. The minimum atomic E-state index is -1.07. The van der Waals surface area contributed by atoms with Crippen molar-refractivity contribution in [1.29, 1.82) is 0 Å². The molecular formula is C24H30N4O7. The van der Waals surface area contributed by atoms with Crippen LogP contribution in [0.25, 0.3) is 0 Å². The molecule has 0 radical (unpaired) electrons. The normalized spacial score (nSPS) is 17.7. The van der Waals surface area contributed by atoms with E-state index in [9.17, 15) is 28.8 Å². The summed E-state index contributed by atoms with van der Waals surface area (Å²) in [6.07, 6.45) is 1.71. The molecule has 11 nitrogen and oxygen atoms in total. The fourth-order valence-electron chi connectivity index (χ4n) is 3.92. The number of benzene rings is 1. The summed E-state index contributed by atoms with van der Waals surface area (Å²) in [5.74, 6) is -2.77. The molecule has 1 aromatic carbocycles. The van der Waals surface area contributed by atoms with Crippen LogP contribution in [0.4, 0.5) is 10.5 Å². The summed E-state index contributed by atoms with van der Waals surface area (Å²) >= 11 is 0. The van der Waals surface area contributed by atoms with Gasteiger partial charge in [-0.25, -0.2) is 4.79 Å². The second-order valence-corrected chi connectivity index (χ2v) is 9.46. The Labute approximate surface area is 202 Å². The molecule has 0 saturated carbocycles. The summed E-state index contributed by atoms with van der Waals surface area (Å²) in [6, 6.07) is 3.48. The van der Waals surface area contributed by atoms with Crippen LogP contribution in [-0.2, 0) is 19.1 Å². The van der Waals surface area contributed by atoms with Gasteiger partial charge in [-0.15, -0.1) is 0 Å². The molecule has 188 valence electrons. The predicted molar refractivity (Wildman–Crippen MR) is 124 cm³/mol. The predicted octanol–water partition coefficient (Wildman–Crippen LogP) is 2.11. The summed E-state index contributed by atoms with van der Waals surface area (Å²) in [5.41, 5.74) is -0.222. The molecule has 0 aromatic heterocycles. The maximum Gasteiger partial charge on any atom is 0.407 e. The highest BCUT2D eigenvalue weighted by Gasteiger charge is 2.45. The lowest BCUT2D eigenvalue weighted by Gasteiger charge is -2.27. The zero-order valence-electron chi connectivity index (χ0n) is 20.1. The van der Waals surface area contributed by atoms with E-state index in [0.717, 1.165) is 4.90 Å². The van der Waals surface area contributed by atoms with Crippen LogP contribution < -0.4 is 16.0 Å². The highest BCUT2D eigenvalue weighted by atomic mass is 16.6. The van der Waals surface area contributed by atoms with Crippen LogP contribution in [0.5, 0.6) is 0 Å². The number of unbranched alkanes of at least 4 members (excludes halogenated alkanes) is 2. The van der Waals surface area contributed by atoms with E-state index in [4.69, 9.17) is 4.74 Å². The van der Waals surface area contributed by atoms with E-state index in [1.165, 1.54) is 12.1 Å². The first-order valence-corrected chi connectivity index (χ1v) is 11.6. The molecule has 3 N–H and O–H groups in total. The number of nitrogens with zero attached hydrogens (tertiary/aromatic N) is 1. The van der Waals surface area contributed by atoms with Gasteiger partial charge in [-0.05, 0) is 52.2 Å². The number of amides is 6. The van der Waals surface area contributed by atoms with Gasteiger partial charge in [0, 0.05) is 19.4 Å². The highest BCUT2D eigenvalue weighted by Crippen LogP contribution is 2.32. The summed E-state index contributed by atoms with van der Waals surface area (Å²) in [7, 11) is 0. The number of alkyl carbamates (subject to hydrolysis) is 1. The number of anilines is 1. The average molecular weight is 487 g/mol. The molecular weight excluding hydrogens is 456 g/mol. The third-order valence-electron chi connectivity index (χ3n) is 5.49. The van der Waals surface area contributed by atoms with Gasteiger partial charge in [0.2, 0.25) is 17.7 Å². The maximum absolute atomic E-state index is 13.1. The first-order valence-electron chi connectivity index (χ1n) is 11.6. The largest absolute Gasteiger partial charge is 0.444 e. The van der Waals surface area contributed by atoms with Crippen LogP contribution in [0.1, 0.15) is 80.0 Å². The average Bonchev–Trinajstić information content (AvgIpc) is 3.01. The van der Waals surface area contributed by atoms with E-state index in [1.807, 2.05) is 0 Å². The number of hydrogen-bond acceptors (Lipinski definition) is 7. The molecule has 0 spiro atoms. The van der Waals surface area contributed by atoms with Crippen LogP contribution in [0.2, 0.25) is 0 Å². The Bertz CT molecular complexity index is 1060. The molecule has 2 aliphatic rings. The maximum atomic E-state index is 13.1. The van der Waals surface area contributed by atoms with Crippen LogP contribution in [-0.4, -0.2) is 58.7 Å². The minimum Gasteiger partial charge on any atom is -0.444 e. The standard InChI is InChI=1S/C24H30N4O7/c1-24(2,3)35-23(34)25-13-6-4-5-10-17(29)26-15-9-7-8-14-19(15)22(33)28(21(14)32)16-11-12-18(30)27-20(16)31/h7-9,16H,4-6,10-13H2,1-3H3,(H,25,34)(H,26,29)(H,27,30,31). The van der Waals surface area contributed by atoms with Crippen molar-refractivity contribution in [1.82, 2.24) is 15.5 Å². The Balaban J connectivity index is 1.51. The van der Waals surface area contributed by atoms with Crippen LogP contribution in [0, 0.1) is 0 Å². The monoisotopic (exact) mass is 486 g/mol. The highest BCUT2D eigenvalue weighted by molar-refractivity contribution is 6.26. The molecule has 2 heterocycles. The van der Waals surface area contributed by atoms with Gasteiger partial charge in [-0.3, -0.25) is 34.2 Å². The number of fused-ring (bicyclic) bond motifs is 1. The third kappa shape index (κ3) is 6.43. The second kappa shape index (κ2) is 10.7. The molecule has 1 unspecified atom stereocenters. The molecule has 6 amide bonds. The van der Waals surface area contributed by atoms with Gasteiger partial charge < -0.3 is 15.4 Å². The van der Waals surface area contributed by atoms with Crippen molar-refractivity contribution in [3.8, 4) is 0 Å². The quantitative estimate of drug-likeness (QED) is 0.376. The number of piperidine rings is 1. The summed E-state index contributed by atoms with van der Waals surface area (Å²) in [5, 5.41) is 7.50. The molecule has 1 atom stereocenters. The van der Waals surface area contributed by atoms with E-state index in [1.54, 1.807) is 26.8 Å². The fourth-order valence-corrected chi connectivity index (χ4v) is 3.92. The SMILES string of the molecule is CC(C)(C)OC(=O)NCCCCCC(=O)Nc1cccc2c1C(=O)N(C1CCC(=O)NC1=O)C2=O. The lowest BCUT2D eigenvalue weighted by atomic mass is 10.0. The molecule has 11 heteroatoms. The molecule has 35 heavy (non-hydrogen) atoms. The van der Waals surface area contributed by atoms with Gasteiger partial charge in [0.25, 0.3) is 11.8 Å². The number of imide groups is 2. The number of carbonyl (C=O) groups excluding carboxylic acids is 6. The molecule has 1 saturated heterocycles. The summed E-state index contributed by atoms with van der Waals surface area (Å²) in [4.78, 5) is 74.5. The minimum absolute atomic E-state index is 0.0285. The van der Waals surface area contributed by atoms with Crippen LogP contribution in [0.15, 0.2) is 18.2 Å². The van der Waals surface area contributed by atoms with Crippen molar-refractivity contribution >= 4 is 41.3 Å². The number of hydrogen-bond donors (Lipinski definition) is 3. The molecule has 2 aliphatic heterocycles. The van der Waals surface area contributed by atoms with Crippen molar-refractivity contribution in [3.05, 3.63) is 29.3 Å². The molecule has 0 aliphatic carbocycles. The Morgan fingerprint density at radius 1 is 1.09 bits per heavy atom. The van der Waals surface area contributed by atoms with Crippen LogP contribution >= 0.6 is 0 Å². The molecule has 1 fully saturated rings. The third-order valence-corrected chi connectivity index (χ3v) is 5.49. The Morgan fingerprint density at radius 3 is 2.51 bits per heavy atom. The van der Waals surface area contributed by atoms with E-state index in [-0.39, 0.29) is 42.0 Å². The van der Waals surface area contributed by atoms with Gasteiger partial charge in [0.15, 0.2) is 0 Å². The van der Waals surface area contributed by atoms with E-state index < -0.39 is 41.4 Å². The van der Waals surface area contributed by atoms with Crippen molar-refractivity contribution < 1.29 is 33.5 Å². The van der Waals surface area contributed by atoms with E-state index in [2.05, 4.69) is 16.0 Å². The van der Waals surface area contributed by atoms with Crippen molar-refractivity contribution in [3.63, 3.8) is 0 Å². The van der Waals surface area contributed by atoms with Gasteiger partial charge in [-0.2, -0.15) is 0 Å². The Kier molecular flexibility index (Phi) is 7.88. The number of rotatable bonds is 8. The van der Waals surface area contributed by atoms with Gasteiger partial charge in [-0.1, -0.05) is 12.5 Å². The number of carbonyl (C=O) groups is 6. The smallest absolute Gasteiger partial charge is 0.407 e. The summed E-state index contributed by atoms with van der Waals surface area (Å²) < 4.78 is 5.15. The van der Waals surface area contributed by atoms with Crippen molar-refractivity contribution in [2.45, 2.75) is 70.9 Å². The zero-order valence-corrected chi connectivity index (χ0v) is 20.1. The topological polar surface area (TPSA) is 151 Å². The Morgan fingerprint density at radius 2 is 1.83 bits per heavy atom. The number of nitrogens with one attached hydrogen (secondary N) is 3. The zero-order chi connectivity index (χ0) is 25.8. The van der Waals surface area contributed by atoms with E-state index in [0.29, 0.717) is 25.8 Å². The first-order chi connectivity index (χ1) is 16.5. The first kappa shape index (κ1) is 25.9. The van der Waals surface area contributed by atoms with Gasteiger partial charge in [0.05, 0.1) is 16.8 Å². The Hall–Kier alpha value is -3.76. The summed E-state index contributed by atoms with van der Waals surface area (Å²) in [6.45, 7) is 5.77. The van der Waals surface area contributed by atoms with Crippen molar-refractivity contribution in [2.75, 3.05) is 11.9 Å². The van der Waals surface area contributed by atoms with Crippen LogP contribution in [0.3, 0.4) is 0 Å². The van der Waals surface area contributed by atoms with Crippen molar-refractivity contribution in [2.24, 2.45) is 0 Å². The van der Waals surface area contributed by atoms with Gasteiger partial charge >= 0.3 is 6.09 Å². The molecule has 1 aromatic rings. The second-order valence-electron chi connectivity index (χ2n) is 9.46. The molecule has 3 rings (SSSR count).